The molecule has 0 amide bonds. The molecule has 0 fully saturated rings. The molecule has 6 heteroatoms. The zero-order valence-electron chi connectivity index (χ0n) is 19.9. The average Bonchev–Trinajstić information content (AvgIpc) is 2.92. The van der Waals surface area contributed by atoms with Crippen molar-refractivity contribution >= 4 is 22.5 Å². The fourth-order valence-electron chi connectivity index (χ4n) is 4.26. The van der Waals surface area contributed by atoms with Crippen LogP contribution in [0.25, 0.3) is 27.8 Å². The first-order chi connectivity index (χ1) is 17.2. The predicted molar refractivity (Wildman–Crippen MR) is 138 cm³/mol. The maximum absolute atomic E-state index is 5.77. The van der Waals surface area contributed by atoms with Gasteiger partial charge in [-0.25, -0.2) is 5.32 Å². The van der Waals surface area contributed by atoms with Crippen molar-refractivity contribution in [3.63, 3.8) is 0 Å². The van der Waals surface area contributed by atoms with Crippen LogP contribution in [-0.2, 0) is 0 Å². The van der Waals surface area contributed by atoms with Crippen LogP contribution in [0.1, 0.15) is 0 Å². The number of aromatic nitrogens is 2. The van der Waals surface area contributed by atoms with Crippen molar-refractivity contribution in [1.29, 1.82) is 0 Å². The molecule has 1 N–H and O–H groups in total. The molecule has 174 valence electrons. The molecule has 6 nitrogen and oxygen atoms in total. The number of ether oxygens (including phenoxy) is 3. The molecule has 0 radical (unpaired) electrons. The number of rotatable bonds is 7. The Morgan fingerprint density at radius 2 is 1.26 bits per heavy atom. The van der Waals surface area contributed by atoms with Crippen molar-refractivity contribution in [3.8, 4) is 34.2 Å². The highest BCUT2D eigenvalue weighted by atomic mass is 16.5. The van der Waals surface area contributed by atoms with Crippen LogP contribution in [0.5, 0.6) is 17.2 Å². The Balaban J connectivity index is 1.92. The van der Waals surface area contributed by atoms with Crippen LogP contribution in [0.15, 0.2) is 97.1 Å². The normalized spacial score (nSPS) is 10.7. The quantitative estimate of drug-likeness (QED) is 0.302. The highest BCUT2D eigenvalue weighted by Gasteiger charge is 2.28. The van der Waals surface area contributed by atoms with Crippen molar-refractivity contribution in [2.75, 3.05) is 26.6 Å². The SMILES string of the molecule is COc1ccccc1Nc1nc2c(OC)cccc2c(-c2ccccc2)[n+]1-c1ccccc1OC. The van der Waals surface area contributed by atoms with Crippen molar-refractivity contribution in [1.82, 2.24) is 4.98 Å². The number of fused-ring (bicyclic) bond motifs is 1. The molecule has 35 heavy (non-hydrogen) atoms. The van der Waals surface area contributed by atoms with E-state index in [0.29, 0.717) is 17.4 Å². The minimum absolute atomic E-state index is 0.592. The van der Waals surface area contributed by atoms with Gasteiger partial charge in [-0.05, 0) is 36.4 Å². The number of nitrogens with one attached hydrogen (secondary N) is 1. The fraction of sp³-hybridized carbons (Fsp3) is 0.103. The second-order valence-corrected chi connectivity index (χ2v) is 7.84. The largest absolute Gasteiger partial charge is 0.493 e. The van der Waals surface area contributed by atoms with Crippen LogP contribution in [0.3, 0.4) is 0 Å². The first-order valence-electron chi connectivity index (χ1n) is 11.3. The summed E-state index contributed by atoms with van der Waals surface area (Å²) in [6, 6.07) is 31.9. The van der Waals surface area contributed by atoms with Gasteiger partial charge in [0, 0.05) is 5.56 Å². The van der Waals surface area contributed by atoms with E-state index in [4.69, 9.17) is 19.2 Å². The number of hydrogen-bond acceptors (Lipinski definition) is 5. The summed E-state index contributed by atoms with van der Waals surface area (Å²) in [4.78, 5) is 5.07. The minimum atomic E-state index is 0.592. The highest BCUT2D eigenvalue weighted by Crippen LogP contribution is 2.35. The van der Waals surface area contributed by atoms with E-state index in [1.54, 1.807) is 21.3 Å². The predicted octanol–water partition coefficient (Wildman–Crippen LogP) is 5.95. The van der Waals surface area contributed by atoms with Crippen LogP contribution < -0.4 is 24.1 Å². The Hall–Kier alpha value is -4.58. The Morgan fingerprint density at radius 3 is 2.00 bits per heavy atom. The summed E-state index contributed by atoms with van der Waals surface area (Å²) in [6.45, 7) is 0. The molecule has 4 aromatic carbocycles. The molecular formula is C29H26N3O3+. The molecule has 0 aliphatic rings. The van der Waals surface area contributed by atoms with Gasteiger partial charge in [-0.2, -0.15) is 4.57 Å². The van der Waals surface area contributed by atoms with Crippen molar-refractivity contribution in [3.05, 3.63) is 97.1 Å². The summed E-state index contributed by atoms with van der Waals surface area (Å²) < 4.78 is 19.2. The van der Waals surface area contributed by atoms with Gasteiger partial charge < -0.3 is 14.2 Å². The third-order valence-electron chi connectivity index (χ3n) is 5.85. The van der Waals surface area contributed by atoms with Crippen LogP contribution in [0.2, 0.25) is 0 Å². The first kappa shape index (κ1) is 22.2. The van der Waals surface area contributed by atoms with Gasteiger partial charge in [0.15, 0.2) is 22.8 Å². The van der Waals surface area contributed by atoms with Gasteiger partial charge in [-0.3, -0.25) is 0 Å². The van der Waals surface area contributed by atoms with E-state index < -0.39 is 0 Å². The molecule has 0 aliphatic carbocycles. The third-order valence-corrected chi connectivity index (χ3v) is 5.85. The smallest absolute Gasteiger partial charge is 0.403 e. The van der Waals surface area contributed by atoms with Crippen LogP contribution >= 0.6 is 0 Å². The Bertz CT molecular complexity index is 1490. The highest BCUT2D eigenvalue weighted by molar-refractivity contribution is 5.95. The maximum Gasteiger partial charge on any atom is 0.403 e. The van der Waals surface area contributed by atoms with E-state index in [-0.39, 0.29) is 0 Å². The van der Waals surface area contributed by atoms with Gasteiger partial charge in [-0.1, -0.05) is 65.6 Å². The van der Waals surface area contributed by atoms with E-state index in [1.807, 2.05) is 78.9 Å². The summed E-state index contributed by atoms with van der Waals surface area (Å²) >= 11 is 0. The lowest BCUT2D eigenvalue weighted by molar-refractivity contribution is -0.570. The van der Waals surface area contributed by atoms with E-state index >= 15 is 0 Å². The number of hydrogen-bond donors (Lipinski definition) is 1. The van der Waals surface area contributed by atoms with Crippen molar-refractivity contribution in [2.24, 2.45) is 0 Å². The van der Waals surface area contributed by atoms with Crippen LogP contribution in [0, 0.1) is 0 Å². The summed E-state index contributed by atoms with van der Waals surface area (Å²) in [5, 5.41) is 4.46. The topological polar surface area (TPSA) is 56.5 Å². The molecule has 5 aromatic rings. The number of anilines is 2. The van der Waals surface area contributed by atoms with Crippen molar-refractivity contribution < 1.29 is 18.8 Å². The van der Waals surface area contributed by atoms with E-state index in [2.05, 4.69) is 28.1 Å². The van der Waals surface area contributed by atoms with E-state index in [9.17, 15) is 0 Å². The second kappa shape index (κ2) is 9.73. The lowest BCUT2D eigenvalue weighted by Gasteiger charge is -2.17. The number of nitrogens with zero attached hydrogens (tertiary/aromatic N) is 2. The molecule has 0 bridgehead atoms. The number of para-hydroxylation sites is 5. The lowest BCUT2D eigenvalue weighted by Crippen LogP contribution is -2.38. The molecule has 0 aliphatic heterocycles. The standard InChI is InChI=1S/C29H25N3O3/c1-33-24-17-9-7-15-22(24)30-29-31-27-21(14-11-19-26(27)35-3)28(20-12-5-4-6-13-20)32(29)23-16-8-10-18-25(23)34-2/h4-19H,1-3H3/p+1. The van der Waals surface area contributed by atoms with Gasteiger partial charge in [0.25, 0.3) is 0 Å². The maximum atomic E-state index is 5.77. The van der Waals surface area contributed by atoms with Gasteiger partial charge >= 0.3 is 5.95 Å². The van der Waals surface area contributed by atoms with E-state index in [0.717, 1.165) is 39.3 Å². The van der Waals surface area contributed by atoms with Crippen LogP contribution in [-0.4, -0.2) is 26.3 Å². The molecular weight excluding hydrogens is 438 g/mol. The molecule has 1 aromatic heterocycles. The molecule has 0 unspecified atom stereocenters. The molecule has 0 saturated carbocycles. The van der Waals surface area contributed by atoms with Gasteiger partial charge in [0.05, 0.1) is 26.7 Å². The van der Waals surface area contributed by atoms with Gasteiger partial charge in [0.1, 0.15) is 17.1 Å². The van der Waals surface area contributed by atoms with Crippen molar-refractivity contribution in [2.45, 2.75) is 0 Å². The second-order valence-electron chi connectivity index (χ2n) is 7.84. The Morgan fingerprint density at radius 1 is 0.629 bits per heavy atom. The van der Waals surface area contributed by atoms with Crippen LogP contribution in [0.4, 0.5) is 11.6 Å². The Kier molecular flexibility index (Phi) is 6.18. The lowest BCUT2D eigenvalue weighted by atomic mass is 10.0. The first-order valence-corrected chi connectivity index (χ1v) is 11.3. The molecule has 0 saturated heterocycles. The summed E-state index contributed by atoms with van der Waals surface area (Å²) in [6.07, 6.45) is 0. The minimum Gasteiger partial charge on any atom is -0.493 e. The molecule has 5 rings (SSSR count). The summed E-state index contributed by atoms with van der Waals surface area (Å²) in [7, 11) is 4.99. The van der Waals surface area contributed by atoms with E-state index in [1.165, 1.54) is 0 Å². The molecule has 0 spiro atoms. The molecule has 1 heterocycles. The number of methoxy groups -OCH3 is 3. The summed E-state index contributed by atoms with van der Waals surface area (Å²) in [5.41, 5.74) is 4.37. The molecule has 0 atom stereocenters. The third kappa shape index (κ3) is 4.10. The monoisotopic (exact) mass is 464 g/mol. The van der Waals surface area contributed by atoms with Gasteiger partial charge in [-0.15, -0.1) is 0 Å². The fourth-order valence-corrected chi connectivity index (χ4v) is 4.26. The zero-order valence-corrected chi connectivity index (χ0v) is 19.9. The summed E-state index contributed by atoms with van der Waals surface area (Å²) in [5.74, 6) is 2.72. The number of benzene rings is 4. The average molecular weight is 465 g/mol. The van der Waals surface area contributed by atoms with Gasteiger partial charge in [0.2, 0.25) is 0 Å². The zero-order chi connectivity index (χ0) is 24.2. The Labute approximate surface area is 204 Å².